The highest BCUT2D eigenvalue weighted by Gasteiger charge is 2.14. The third-order valence-corrected chi connectivity index (χ3v) is 4.78. The van der Waals surface area contributed by atoms with Gasteiger partial charge in [-0.3, -0.25) is 0 Å². The van der Waals surface area contributed by atoms with Gasteiger partial charge in [0.2, 0.25) is 0 Å². The first-order valence-electron chi connectivity index (χ1n) is 9.38. The SMILES string of the molecule is [B]c1cccc(-c2nc(C=C)c(C=C)c(-c3ccc(-c4ccccc4)cc3)n2)c1. The van der Waals surface area contributed by atoms with E-state index < -0.39 is 0 Å². The van der Waals surface area contributed by atoms with Crippen LogP contribution in [0.1, 0.15) is 11.3 Å². The molecular formula is C26H19BN2. The summed E-state index contributed by atoms with van der Waals surface area (Å²) in [6.07, 6.45) is 3.51. The summed E-state index contributed by atoms with van der Waals surface area (Å²) in [4.78, 5) is 9.52. The van der Waals surface area contributed by atoms with Crippen molar-refractivity contribution >= 4 is 25.5 Å². The summed E-state index contributed by atoms with van der Waals surface area (Å²) in [5.74, 6) is 0.611. The van der Waals surface area contributed by atoms with Gasteiger partial charge in [-0.1, -0.05) is 104 Å². The zero-order valence-electron chi connectivity index (χ0n) is 16.0. The standard InChI is InChI=1S/C26H19BN2/c1-3-23-24(4-2)28-26(21-11-8-12-22(27)17-21)29-25(23)20-15-13-19(14-16-20)18-9-6-5-7-10-18/h3-17H,1-2H2. The molecule has 0 saturated carbocycles. The summed E-state index contributed by atoms with van der Waals surface area (Å²) in [6.45, 7) is 7.88. The normalized spacial score (nSPS) is 10.5. The average Bonchev–Trinajstić information content (AvgIpc) is 2.79. The van der Waals surface area contributed by atoms with E-state index in [0.29, 0.717) is 11.3 Å². The molecule has 4 aromatic rings. The number of hydrogen-bond donors (Lipinski definition) is 0. The number of nitrogens with zero attached hydrogens (tertiary/aromatic N) is 2. The number of benzene rings is 3. The molecule has 1 aromatic heterocycles. The van der Waals surface area contributed by atoms with E-state index in [1.54, 1.807) is 12.2 Å². The van der Waals surface area contributed by atoms with E-state index in [1.165, 1.54) is 5.56 Å². The van der Waals surface area contributed by atoms with Crippen LogP contribution in [0.2, 0.25) is 0 Å². The smallest absolute Gasteiger partial charge is 0.160 e. The second kappa shape index (κ2) is 8.11. The molecule has 4 rings (SSSR count). The van der Waals surface area contributed by atoms with E-state index in [1.807, 2.05) is 42.5 Å². The van der Waals surface area contributed by atoms with Crippen molar-refractivity contribution in [2.45, 2.75) is 0 Å². The van der Waals surface area contributed by atoms with E-state index in [9.17, 15) is 0 Å². The lowest BCUT2D eigenvalue weighted by molar-refractivity contribution is 1.16. The fraction of sp³-hybridized carbons (Fsp3) is 0. The van der Waals surface area contributed by atoms with Gasteiger partial charge in [-0.05, 0) is 17.2 Å². The molecular weight excluding hydrogens is 351 g/mol. The Morgan fingerprint density at radius 3 is 1.97 bits per heavy atom. The Bertz CT molecular complexity index is 1180. The minimum absolute atomic E-state index is 0.611. The topological polar surface area (TPSA) is 25.8 Å². The lowest BCUT2D eigenvalue weighted by Gasteiger charge is -2.12. The average molecular weight is 370 g/mol. The molecule has 0 unspecified atom stereocenters. The summed E-state index contributed by atoms with van der Waals surface area (Å²) in [5.41, 5.74) is 7.30. The van der Waals surface area contributed by atoms with Crippen LogP contribution in [0.5, 0.6) is 0 Å². The molecule has 0 atom stereocenters. The van der Waals surface area contributed by atoms with E-state index in [2.05, 4.69) is 54.5 Å². The van der Waals surface area contributed by atoms with Crippen LogP contribution in [0.25, 0.3) is 45.9 Å². The highest BCUT2D eigenvalue weighted by atomic mass is 14.9. The molecule has 0 aliphatic heterocycles. The first-order chi connectivity index (χ1) is 14.2. The minimum atomic E-state index is 0.611. The summed E-state index contributed by atoms with van der Waals surface area (Å²) < 4.78 is 0. The largest absolute Gasteiger partial charge is 0.228 e. The molecule has 2 nitrogen and oxygen atoms in total. The molecule has 3 aromatic carbocycles. The molecule has 136 valence electrons. The Labute approximate surface area is 172 Å². The van der Waals surface area contributed by atoms with Gasteiger partial charge < -0.3 is 0 Å². The van der Waals surface area contributed by atoms with Crippen molar-refractivity contribution in [3.8, 4) is 33.8 Å². The first kappa shape index (κ1) is 18.6. The summed E-state index contributed by atoms with van der Waals surface area (Å²) in [6, 6.07) is 26.2. The molecule has 0 amide bonds. The molecule has 0 bridgehead atoms. The molecule has 0 spiro atoms. The fourth-order valence-electron chi connectivity index (χ4n) is 3.32. The maximum atomic E-state index is 5.95. The Hall–Kier alpha value is -3.72. The lowest BCUT2D eigenvalue weighted by Crippen LogP contribution is -2.04. The zero-order chi connectivity index (χ0) is 20.2. The van der Waals surface area contributed by atoms with Crippen molar-refractivity contribution < 1.29 is 0 Å². The first-order valence-corrected chi connectivity index (χ1v) is 9.38. The Balaban J connectivity index is 1.85. The van der Waals surface area contributed by atoms with Crippen molar-refractivity contribution in [2.24, 2.45) is 0 Å². The van der Waals surface area contributed by atoms with Gasteiger partial charge in [0.05, 0.1) is 11.4 Å². The van der Waals surface area contributed by atoms with Crippen molar-refractivity contribution in [3.05, 3.63) is 103 Å². The van der Waals surface area contributed by atoms with Crippen LogP contribution in [0.4, 0.5) is 0 Å². The van der Waals surface area contributed by atoms with Gasteiger partial charge >= 0.3 is 0 Å². The molecule has 0 N–H and O–H groups in total. The molecule has 2 radical (unpaired) electrons. The highest BCUT2D eigenvalue weighted by molar-refractivity contribution is 6.32. The summed E-state index contributed by atoms with van der Waals surface area (Å²) >= 11 is 0. The van der Waals surface area contributed by atoms with Crippen LogP contribution in [-0.4, -0.2) is 17.8 Å². The number of rotatable bonds is 5. The van der Waals surface area contributed by atoms with Gasteiger partial charge in [0.25, 0.3) is 0 Å². The van der Waals surface area contributed by atoms with Gasteiger partial charge in [-0.2, -0.15) is 0 Å². The molecule has 0 saturated heterocycles. The second-order valence-electron chi connectivity index (χ2n) is 6.67. The Morgan fingerprint density at radius 1 is 0.655 bits per heavy atom. The van der Waals surface area contributed by atoms with Crippen LogP contribution in [0, 0.1) is 0 Å². The second-order valence-corrected chi connectivity index (χ2v) is 6.67. The van der Waals surface area contributed by atoms with E-state index >= 15 is 0 Å². The van der Waals surface area contributed by atoms with Crippen molar-refractivity contribution in [2.75, 3.05) is 0 Å². The van der Waals surface area contributed by atoms with Crippen molar-refractivity contribution in [3.63, 3.8) is 0 Å². The van der Waals surface area contributed by atoms with Crippen LogP contribution in [0.15, 0.2) is 92.0 Å². The fourth-order valence-corrected chi connectivity index (χ4v) is 3.32. The van der Waals surface area contributed by atoms with Crippen molar-refractivity contribution in [1.82, 2.24) is 9.97 Å². The highest BCUT2D eigenvalue weighted by Crippen LogP contribution is 2.30. The molecule has 0 aliphatic carbocycles. The van der Waals surface area contributed by atoms with Gasteiger partial charge in [0, 0.05) is 16.7 Å². The van der Waals surface area contributed by atoms with E-state index in [4.69, 9.17) is 12.8 Å². The molecule has 0 aliphatic rings. The van der Waals surface area contributed by atoms with Crippen LogP contribution >= 0.6 is 0 Å². The third kappa shape index (κ3) is 3.81. The quantitative estimate of drug-likeness (QED) is 0.430. The number of aromatic nitrogens is 2. The molecule has 0 fully saturated rings. The van der Waals surface area contributed by atoms with Gasteiger partial charge in [0.15, 0.2) is 5.82 Å². The predicted molar refractivity (Wildman–Crippen MR) is 124 cm³/mol. The van der Waals surface area contributed by atoms with Gasteiger partial charge in [0.1, 0.15) is 7.85 Å². The summed E-state index contributed by atoms with van der Waals surface area (Å²) in [5, 5.41) is 0. The Morgan fingerprint density at radius 2 is 1.31 bits per heavy atom. The monoisotopic (exact) mass is 370 g/mol. The molecule has 3 heteroatoms. The Kier molecular flexibility index (Phi) is 5.21. The van der Waals surface area contributed by atoms with Gasteiger partial charge in [-0.25, -0.2) is 9.97 Å². The summed E-state index contributed by atoms with van der Waals surface area (Å²) in [7, 11) is 5.95. The maximum absolute atomic E-state index is 5.95. The van der Waals surface area contributed by atoms with E-state index in [0.717, 1.165) is 33.6 Å². The zero-order valence-corrected chi connectivity index (χ0v) is 16.0. The van der Waals surface area contributed by atoms with Crippen molar-refractivity contribution in [1.29, 1.82) is 0 Å². The number of hydrogen-bond acceptors (Lipinski definition) is 2. The third-order valence-electron chi connectivity index (χ3n) is 4.78. The van der Waals surface area contributed by atoms with Gasteiger partial charge in [-0.15, -0.1) is 0 Å². The predicted octanol–water partition coefficient (Wildman–Crippen LogP) is 5.56. The van der Waals surface area contributed by atoms with Crippen LogP contribution < -0.4 is 5.46 Å². The van der Waals surface area contributed by atoms with E-state index in [-0.39, 0.29) is 0 Å². The van der Waals surface area contributed by atoms with Crippen LogP contribution in [-0.2, 0) is 0 Å². The molecule has 29 heavy (non-hydrogen) atoms. The van der Waals surface area contributed by atoms with Crippen LogP contribution in [0.3, 0.4) is 0 Å². The minimum Gasteiger partial charge on any atom is -0.228 e. The lowest BCUT2D eigenvalue weighted by atomic mass is 9.94. The molecule has 1 heterocycles. The maximum Gasteiger partial charge on any atom is 0.160 e.